The molecule has 0 aliphatic heterocycles. The quantitative estimate of drug-likeness (QED) is 0.817. The van der Waals surface area contributed by atoms with Gasteiger partial charge in [-0.15, -0.1) is 11.3 Å². The summed E-state index contributed by atoms with van der Waals surface area (Å²) in [6, 6.07) is 6.54. The summed E-state index contributed by atoms with van der Waals surface area (Å²) in [4.78, 5) is 13.2. The van der Waals surface area contributed by atoms with Crippen LogP contribution in [0.1, 0.15) is 36.7 Å². The Morgan fingerprint density at radius 3 is 2.40 bits per heavy atom. The number of ketones is 1. The third-order valence-corrected chi connectivity index (χ3v) is 4.36. The summed E-state index contributed by atoms with van der Waals surface area (Å²) in [7, 11) is 0. The number of carbonyl (C=O) groups is 1. The number of anilines is 1. The smallest absolute Gasteiger partial charge is 0.171 e. The number of nitrogens with two attached hydrogens (primary N) is 1. The zero-order chi connectivity index (χ0) is 15.1. The number of rotatable bonds is 2. The highest BCUT2D eigenvalue weighted by atomic mass is 32.1. The predicted molar refractivity (Wildman–Crippen MR) is 82.6 cm³/mol. The summed E-state index contributed by atoms with van der Waals surface area (Å²) in [6.07, 6.45) is 0. The van der Waals surface area contributed by atoms with Crippen molar-refractivity contribution in [3.63, 3.8) is 0 Å². The molecule has 0 radical (unpaired) electrons. The van der Waals surface area contributed by atoms with Crippen LogP contribution in [-0.2, 0) is 0 Å². The van der Waals surface area contributed by atoms with Crippen LogP contribution in [0.4, 0.5) is 9.39 Å². The largest absolute Gasteiger partial charge is 0.390 e. The summed E-state index contributed by atoms with van der Waals surface area (Å²) in [5, 5.41) is 0.459. The van der Waals surface area contributed by atoms with E-state index in [9.17, 15) is 9.18 Å². The molecule has 4 heteroatoms. The molecule has 0 atom stereocenters. The zero-order valence-corrected chi connectivity index (χ0v) is 12.9. The standard InChI is InChI=1S/C16H18FNOS/c1-9-12(14(19)16(2,3)4)15(18)20-13(9)10-7-5-6-8-11(10)17/h5-8H,18H2,1-4H3. The molecule has 20 heavy (non-hydrogen) atoms. The first-order valence-corrected chi connectivity index (χ1v) is 7.23. The minimum absolute atomic E-state index is 0.00802. The van der Waals surface area contributed by atoms with Gasteiger partial charge >= 0.3 is 0 Å². The van der Waals surface area contributed by atoms with Gasteiger partial charge in [-0.3, -0.25) is 4.79 Å². The Balaban J connectivity index is 2.61. The molecule has 0 spiro atoms. The monoisotopic (exact) mass is 291 g/mol. The minimum Gasteiger partial charge on any atom is -0.390 e. The summed E-state index contributed by atoms with van der Waals surface area (Å²) in [6.45, 7) is 7.39. The van der Waals surface area contributed by atoms with Gasteiger partial charge in [0.15, 0.2) is 5.78 Å². The second-order valence-electron chi connectivity index (χ2n) is 5.85. The van der Waals surface area contributed by atoms with Gasteiger partial charge in [0.2, 0.25) is 0 Å². The van der Waals surface area contributed by atoms with Crippen molar-refractivity contribution in [3.05, 3.63) is 41.2 Å². The van der Waals surface area contributed by atoms with E-state index < -0.39 is 5.41 Å². The van der Waals surface area contributed by atoms with Crippen molar-refractivity contribution >= 4 is 22.1 Å². The van der Waals surface area contributed by atoms with E-state index in [1.807, 2.05) is 27.7 Å². The summed E-state index contributed by atoms with van der Waals surface area (Å²) < 4.78 is 13.9. The van der Waals surface area contributed by atoms with Crippen LogP contribution in [0.25, 0.3) is 10.4 Å². The highest BCUT2D eigenvalue weighted by molar-refractivity contribution is 7.20. The van der Waals surface area contributed by atoms with Crippen molar-refractivity contribution in [3.8, 4) is 10.4 Å². The van der Waals surface area contributed by atoms with Gasteiger partial charge in [-0.2, -0.15) is 0 Å². The molecule has 0 saturated heterocycles. The third-order valence-electron chi connectivity index (χ3n) is 3.20. The molecule has 1 aromatic heterocycles. The maximum atomic E-state index is 13.9. The SMILES string of the molecule is Cc1c(-c2ccccc2F)sc(N)c1C(=O)C(C)(C)C. The Labute approximate surface area is 122 Å². The van der Waals surface area contributed by atoms with Crippen LogP contribution < -0.4 is 5.73 Å². The lowest BCUT2D eigenvalue weighted by atomic mass is 9.85. The lowest BCUT2D eigenvalue weighted by Crippen LogP contribution is -2.21. The molecule has 0 bridgehead atoms. The van der Waals surface area contributed by atoms with E-state index >= 15 is 0 Å². The Morgan fingerprint density at radius 2 is 1.85 bits per heavy atom. The molecule has 0 saturated carbocycles. The molecule has 0 unspecified atom stereocenters. The first-order chi connectivity index (χ1) is 9.23. The number of nitrogen functional groups attached to an aromatic ring is 1. The van der Waals surface area contributed by atoms with Crippen molar-refractivity contribution in [1.82, 2.24) is 0 Å². The number of hydrogen-bond acceptors (Lipinski definition) is 3. The van der Waals surface area contributed by atoms with Gasteiger partial charge in [0.1, 0.15) is 5.82 Å². The van der Waals surface area contributed by atoms with Crippen molar-refractivity contribution < 1.29 is 9.18 Å². The zero-order valence-electron chi connectivity index (χ0n) is 12.1. The van der Waals surface area contributed by atoms with E-state index in [4.69, 9.17) is 5.73 Å². The van der Waals surface area contributed by atoms with E-state index in [1.165, 1.54) is 17.4 Å². The highest BCUT2D eigenvalue weighted by Crippen LogP contribution is 2.41. The molecule has 2 N–H and O–H groups in total. The van der Waals surface area contributed by atoms with Gasteiger partial charge in [0, 0.05) is 15.9 Å². The topological polar surface area (TPSA) is 43.1 Å². The van der Waals surface area contributed by atoms with Crippen molar-refractivity contribution in [2.45, 2.75) is 27.7 Å². The van der Waals surface area contributed by atoms with Crippen molar-refractivity contribution in [2.24, 2.45) is 5.41 Å². The molecule has 0 aliphatic carbocycles. The minimum atomic E-state index is -0.507. The molecule has 0 amide bonds. The second kappa shape index (κ2) is 5.02. The van der Waals surface area contributed by atoms with Crippen LogP contribution in [0.3, 0.4) is 0 Å². The maximum absolute atomic E-state index is 13.9. The Bertz CT molecular complexity index is 668. The van der Waals surface area contributed by atoms with E-state index in [1.54, 1.807) is 18.2 Å². The molecule has 106 valence electrons. The van der Waals surface area contributed by atoms with Gasteiger partial charge in [-0.25, -0.2) is 4.39 Å². The van der Waals surface area contributed by atoms with E-state index in [0.717, 1.165) is 10.4 Å². The molecule has 2 rings (SSSR count). The molecular formula is C16H18FNOS. The lowest BCUT2D eigenvalue weighted by molar-refractivity contribution is 0.0859. The van der Waals surface area contributed by atoms with E-state index in [-0.39, 0.29) is 11.6 Å². The number of benzene rings is 1. The molecule has 0 aliphatic rings. The Hall–Kier alpha value is -1.68. The van der Waals surface area contributed by atoms with Crippen LogP contribution in [0, 0.1) is 18.2 Å². The Morgan fingerprint density at radius 1 is 1.25 bits per heavy atom. The summed E-state index contributed by atoms with van der Waals surface area (Å²) in [5.74, 6) is -0.307. The molecular weight excluding hydrogens is 273 g/mol. The van der Waals surface area contributed by atoms with Crippen LogP contribution in [0.5, 0.6) is 0 Å². The fourth-order valence-corrected chi connectivity index (χ4v) is 3.19. The third kappa shape index (κ3) is 2.48. The van der Waals surface area contributed by atoms with E-state index in [0.29, 0.717) is 16.1 Å². The predicted octanol–water partition coefficient (Wildman–Crippen LogP) is 4.67. The number of thiophene rings is 1. The highest BCUT2D eigenvalue weighted by Gasteiger charge is 2.29. The van der Waals surface area contributed by atoms with Gasteiger partial charge in [-0.05, 0) is 18.6 Å². The first-order valence-electron chi connectivity index (χ1n) is 6.42. The van der Waals surface area contributed by atoms with Gasteiger partial charge < -0.3 is 5.73 Å². The molecule has 1 heterocycles. The Kier molecular flexibility index (Phi) is 3.69. The maximum Gasteiger partial charge on any atom is 0.171 e. The van der Waals surface area contributed by atoms with E-state index in [2.05, 4.69) is 0 Å². The molecule has 2 nitrogen and oxygen atoms in total. The molecule has 0 fully saturated rings. The number of hydrogen-bond donors (Lipinski definition) is 1. The van der Waals surface area contributed by atoms with Crippen LogP contribution >= 0.6 is 11.3 Å². The van der Waals surface area contributed by atoms with Gasteiger partial charge in [-0.1, -0.05) is 39.0 Å². The number of halogens is 1. The van der Waals surface area contributed by atoms with Crippen LogP contribution in [0.2, 0.25) is 0 Å². The van der Waals surface area contributed by atoms with Gasteiger partial charge in [0.25, 0.3) is 0 Å². The summed E-state index contributed by atoms with van der Waals surface area (Å²) in [5.41, 5.74) is 7.28. The van der Waals surface area contributed by atoms with Gasteiger partial charge in [0.05, 0.1) is 10.6 Å². The normalized spacial score (nSPS) is 11.7. The first kappa shape index (κ1) is 14.7. The lowest BCUT2D eigenvalue weighted by Gasteiger charge is -2.17. The summed E-state index contributed by atoms with van der Waals surface area (Å²) >= 11 is 1.27. The van der Waals surface area contributed by atoms with Crippen LogP contribution in [-0.4, -0.2) is 5.78 Å². The van der Waals surface area contributed by atoms with Crippen molar-refractivity contribution in [1.29, 1.82) is 0 Å². The number of carbonyl (C=O) groups excluding carboxylic acids is 1. The average molecular weight is 291 g/mol. The molecule has 2 aromatic rings. The fourth-order valence-electron chi connectivity index (χ4n) is 2.10. The second-order valence-corrected chi connectivity index (χ2v) is 6.91. The number of Topliss-reactive ketones (excluding diaryl/α,β-unsaturated/α-hetero) is 1. The average Bonchev–Trinajstić information content (AvgIpc) is 2.63. The van der Waals surface area contributed by atoms with Crippen molar-refractivity contribution in [2.75, 3.05) is 5.73 Å². The van der Waals surface area contributed by atoms with Crippen LogP contribution in [0.15, 0.2) is 24.3 Å². The molecule has 1 aromatic carbocycles. The fraction of sp³-hybridized carbons (Fsp3) is 0.312.